The van der Waals surface area contributed by atoms with Crippen LogP contribution in [0.25, 0.3) is 0 Å². The molecule has 1 aliphatic carbocycles. The summed E-state index contributed by atoms with van der Waals surface area (Å²) in [6.45, 7) is 3.97. The zero-order chi connectivity index (χ0) is 11.0. The third kappa shape index (κ3) is 1.65. The van der Waals surface area contributed by atoms with Crippen molar-refractivity contribution in [1.29, 1.82) is 0 Å². The predicted molar refractivity (Wildman–Crippen MR) is 68.1 cm³/mol. The largest absolute Gasteiger partial charge is 0.367 e. The van der Waals surface area contributed by atoms with Gasteiger partial charge in [0.1, 0.15) is 0 Å². The van der Waals surface area contributed by atoms with Crippen LogP contribution in [-0.2, 0) is 0 Å². The molecule has 86 valence electrons. The number of hydrogen-bond donors (Lipinski definition) is 1. The number of nitrogens with zero attached hydrogens (tertiary/aromatic N) is 2. The van der Waals surface area contributed by atoms with Crippen molar-refractivity contribution in [1.82, 2.24) is 0 Å². The first kappa shape index (κ1) is 9.97. The van der Waals surface area contributed by atoms with Crippen LogP contribution < -0.4 is 15.5 Å². The lowest BCUT2D eigenvalue weighted by Gasteiger charge is -2.39. The van der Waals surface area contributed by atoms with Crippen molar-refractivity contribution in [3.05, 3.63) is 24.3 Å². The number of hydrogen-bond acceptors (Lipinski definition) is 3. The summed E-state index contributed by atoms with van der Waals surface area (Å²) >= 11 is 0. The first-order valence-electron chi connectivity index (χ1n) is 6.21. The molecule has 0 radical (unpaired) electrons. The van der Waals surface area contributed by atoms with Gasteiger partial charge in [-0.2, -0.15) is 0 Å². The summed E-state index contributed by atoms with van der Waals surface area (Å²) in [5.74, 6) is 0. The van der Waals surface area contributed by atoms with Crippen molar-refractivity contribution >= 4 is 11.4 Å². The Kier molecular flexibility index (Phi) is 2.48. The van der Waals surface area contributed by atoms with Crippen molar-refractivity contribution in [2.45, 2.75) is 18.9 Å². The molecule has 3 heteroatoms. The fourth-order valence-corrected chi connectivity index (χ4v) is 2.60. The van der Waals surface area contributed by atoms with E-state index >= 15 is 0 Å². The summed E-state index contributed by atoms with van der Waals surface area (Å²) in [5, 5.41) is 0. The van der Waals surface area contributed by atoms with Crippen molar-refractivity contribution < 1.29 is 0 Å². The maximum Gasteiger partial charge on any atom is 0.0607 e. The lowest BCUT2D eigenvalue weighted by atomic mass is 10.1. The molecular weight excluding hydrogens is 198 g/mol. The molecule has 1 aromatic rings. The minimum absolute atomic E-state index is 0.734. The second-order valence-corrected chi connectivity index (χ2v) is 4.69. The first-order chi connectivity index (χ1) is 7.90. The fourth-order valence-electron chi connectivity index (χ4n) is 2.60. The van der Waals surface area contributed by atoms with Crippen LogP contribution in [0.4, 0.5) is 11.4 Å². The number of anilines is 2. The van der Waals surface area contributed by atoms with E-state index in [4.69, 9.17) is 5.73 Å². The number of fused-ring (bicyclic) bond motifs is 1. The van der Waals surface area contributed by atoms with Gasteiger partial charge in [-0.3, -0.25) is 0 Å². The number of para-hydroxylation sites is 2. The van der Waals surface area contributed by atoms with E-state index in [0.29, 0.717) is 0 Å². The highest BCUT2D eigenvalue weighted by Crippen LogP contribution is 2.39. The van der Waals surface area contributed by atoms with Crippen molar-refractivity contribution in [2.24, 2.45) is 5.73 Å². The van der Waals surface area contributed by atoms with Crippen LogP contribution in [0.3, 0.4) is 0 Å². The van der Waals surface area contributed by atoms with Crippen LogP contribution in [-0.4, -0.2) is 32.2 Å². The van der Waals surface area contributed by atoms with Gasteiger partial charge in [-0.25, -0.2) is 0 Å². The smallest absolute Gasteiger partial charge is 0.0607 e. The van der Waals surface area contributed by atoms with E-state index in [1.165, 1.54) is 24.2 Å². The van der Waals surface area contributed by atoms with Crippen molar-refractivity contribution in [3.63, 3.8) is 0 Å². The lowest BCUT2D eigenvalue weighted by molar-refractivity contribution is 0.693. The summed E-state index contributed by atoms with van der Waals surface area (Å²) in [6, 6.07) is 9.54. The SMILES string of the molecule is NCCN1CCN(C2CC2)c2ccccc21. The third-order valence-electron chi connectivity index (χ3n) is 3.53. The standard InChI is InChI=1S/C13H19N3/c14-7-8-15-9-10-16(11-5-6-11)13-4-2-1-3-12(13)15/h1-4,11H,5-10,14H2. The van der Waals surface area contributed by atoms with Gasteiger partial charge < -0.3 is 15.5 Å². The molecule has 3 rings (SSSR count). The zero-order valence-corrected chi connectivity index (χ0v) is 9.60. The summed E-state index contributed by atoms with van der Waals surface area (Å²) in [6.07, 6.45) is 2.73. The van der Waals surface area contributed by atoms with Crippen LogP contribution in [0.15, 0.2) is 24.3 Å². The molecule has 0 atom stereocenters. The molecule has 1 saturated carbocycles. The zero-order valence-electron chi connectivity index (χ0n) is 9.60. The fraction of sp³-hybridized carbons (Fsp3) is 0.538. The Balaban J connectivity index is 1.92. The molecule has 0 bridgehead atoms. The highest BCUT2D eigenvalue weighted by Gasteiger charge is 2.33. The Morgan fingerprint density at radius 3 is 2.56 bits per heavy atom. The molecule has 2 N–H and O–H groups in total. The topological polar surface area (TPSA) is 32.5 Å². The van der Waals surface area contributed by atoms with Gasteiger partial charge in [0, 0.05) is 32.2 Å². The molecule has 0 unspecified atom stereocenters. The molecule has 1 heterocycles. The van der Waals surface area contributed by atoms with Gasteiger partial charge in [-0.05, 0) is 25.0 Å². The Morgan fingerprint density at radius 2 is 1.88 bits per heavy atom. The molecule has 1 aromatic carbocycles. The van der Waals surface area contributed by atoms with Gasteiger partial charge in [0.15, 0.2) is 0 Å². The molecule has 1 aliphatic heterocycles. The monoisotopic (exact) mass is 217 g/mol. The second-order valence-electron chi connectivity index (χ2n) is 4.69. The van der Waals surface area contributed by atoms with Crippen LogP contribution >= 0.6 is 0 Å². The Morgan fingerprint density at radius 1 is 1.12 bits per heavy atom. The van der Waals surface area contributed by atoms with Gasteiger partial charge in [0.25, 0.3) is 0 Å². The molecule has 16 heavy (non-hydrogen) atoms. The van der Waals surface area contributed by atoms with Crippen LogP contribution in [0.5, 0.6) is 0 Å². The van der Waals surface area contributed by atoms with Gasteiger partial charge >= 0.3 is 0 Å². The Bertz CT molecular complexity index is 373. The number of rotatable bonds is 3. The van der Waals surface area contributed by atoms with E-state index in [1.807, 2.05) is 0 Å². The average Bonchev–Trinajstić information content (AvgIpc) is 3.14. The molecule has 0 spiro atoms. The lowest BCUT2D eigenvalue weighted by Crippen LogP contribution is -2.43. The molecule has 0 amide bonds. The van der Waals surface area contributed by atoms with Crippen molar-refractivity contribution in [2.75, 3.05) is 36.0 Å². The van der Waals surface area contributed by atoms with E-state index in [-0.39, 0.29) is 0 Å². The summed E-state index contributed by atoms with van der Waals surface area (Å²) in [7, 11) is 0. The molecule has 2 aliphatic rings. The van der Waals surface area contributed by atoms with Crippen LogP contribution in [0, 0.1) is 0 Å². The van der Waals surface area contributed by atoms with E-state index < -0.39 is 0 Å². The Hall–Kier alpha value is -1.22. The summed E-state index contributed by atoms with van der Waals surface area (Å²) < 4.78 is 0. The van der Waals surface area contributed by atoms with Crippen LogP contribution in [0.1, 0.15) is 12.8 Å². The van der Waals surface area contributed by atoms with Gasteiger partial charge in [0.05, 0.1) is 11.4 Å². The van der Waals surface area contributed by atoms with Gasteiger partial charge in [-0.15, -0.1) is 0 Å². The van der Waals surface area contributed by atoms with E-state index in [9.17, 15) is 0 Å². The highest BCUT2D eigenvalue weighted by atomic mass is 15.3. The van der Waals surface area contributed by atoms with Crippen LogP contribution in [0.2, 0.25) is 0 Å². The van der Waals surface area contributed by atoms with E-state index in [2.05, 4.69) is 34.1 Å². The quantitative estimate of drug-likeness (QED) is 0.831. The van der Waals surface area contributed by atoms with Gasteiger partial charge in [0.2, 0.25) is 0 Å². The molecule has 0 aromatic heterocycles. The maximum absolute atomic E-state index is 5.67. The minimum Gasteiger partial charge on any atom is -0.367 e. The number of nitrogens with two attached hydrogens (primary N) is 1. The molecular formula is C13H19N3. The predicted octanol–water partition coefficient (Wildman–Crippen LogP) is 1.43. The summed E-state index contributed by atoms with van der Waals surface area (Å²) in [5.41, 5.74) is 8.44. The summed E-state index contributed by atoms with van der Waals surface area (Å²) in [4.78, 5) is 4.98. The molecule has 0 saturated heterocycles. The highest BCUT2D eigenvalue weighted by molar-refractivity contribution is 5.74. The third-order valence-corrected chi connectivity index (χ3v) is 3.53. The van der Waals surface area contributed by atoms with Gasteiger partial charge in [-0.1, -0.05) is 12.1 Å². The molecule has 1 fully saturated rings. The maximum atomic E-state index is 5.67. The molecule has 3 nitrogen and oxygen atoms in total. The number of benzene rings is 1. The van der Waals surface area contributed by atoms with E-state index in [1.54, 1.807) is 0 Å². The Labute approximate surface area is 96.8 Å². The van der Waals surface area contributed by atoms with Crippen molar-refractivity contribution in [3.8, 4) is 0 Å². The second kappa shape index (κ2) is 3.98. The average molecular weight is 217 g/mol. The first-order valence-corrected chi connectivity index (χ1v) is 6.21. The van der Waals surface area contributed by atoms with E-state index in [0.717, 1.165) is 32.2 Å². The normalized spacial score (nSPS) is 19.8. The minimum atomic E-state index is 0.734.